The van der Waals surface area contributed by atoms with Gasteiger partial charge in [-0.25, -0.2) is 9.79 Å². The average molecular weight is 546 g/mol. The highest BCUT2D eigenvalue weighted by Crippen LogP contribution is 2.24. The van der Waals surface area contributed by atoms with E-state index in [9.17, 15) is 4.79 Å². The van der Waals surface area contributed by atoms with E-state index in [1.165, 1.54) is 6.08 Å². The van der Waals surface area contributed by atoms with Crippen LogP contribution in [0.5, 0.6) is 5.75 Å². The summed E-state index contributed by atoms with van der Waals surface area (Å²) in [4.78, 5) is 18.8. The standard InChI is InChI=1S/C29H35N7O4/c1-29(2,3)24-17-27(35-40-24)34-28(37)33-25(30)18-26-31-19-22(20-32-26)6-5-21-7-9-23(10-8-21)39-14-4-11-36-12-15-38-16-13-36/h7-10,17-20,31H,4,11-16H2,1-3H3,(H3,30,33,34,35,37)/b26-18+. The molecule has 4 rings (SSSR count). The molecule has 2 aliphatic heterocycles. The maximum absolute atomic E-state index is 12.2. The Morgan fingerprint density at radius 1 is 1.23 bits per heavy atom. The number of ether oxygens (including phenoxy) is 2. The lowest BCUT2D eigenvalue weighted by molar-refractivity contribution is 0.0358. The fourth-order valence-electron chi connectivity index (χ4n) is 3.72. The lowest BCUT2D eigenvalue weighted by Gasteiger charge is -2.26. The molecule has 0 unspecified atom stereocenters. The summed E-state index contributed by atoms with van der Waals surface area (Å²) >= 11 is 0. The van der Waals surface area contributed by atoms with Crippen LogP contribution in [0.4, 0.5) is 10.6 Å². The molecule has 3 heterocycles. The topological polar surface area (TPSA) is 137 Å². The monoisotopic (exact) mass is 545 g/mol. The normalized spacial score (nSPS) is 16.4. The van der Waals surface area contributed by atoms with E-state index < -0.39 is 6.03 Å². The number of urea groups is 1. The van der Waals surface area contributed by atoms with E-state index in [0.717, 1.165) is 50.6 Å². The quantitative estimate of drug-likeness (QED) is 0.180. The molecule has 11 heteroatoms. The summed E-state index contributed by atoms with van der Waals surface area (Å²) in [6, 6.07) is 8.72. The number of carbonyl (C=O) groups is 1. The first-order valence-corrected chi connectivity index (χ1v) is 13.2. The number of benzene rings is 1. The van der Waals surface area contributed by atoms with Gasteiger partial charge in [-0.15, -0.1) is 0 Å². The summed E-state index contributed by atoms with van der Waals surface area (Å²) in [5.74, 6) is 8.13. The molecule has 0 radical (unpaired) electrons. The van der Waals surface area contributed by atoms with Crippen molar-refractivity contribution in [3.8, 4) is 17.6 Å². The van der Waals surface area contributed by atoms with Crippen LogP contribution >= 0.6 is 0 Å². The third-order valence-electron chi connectivity index (χ3n) is 5.94. The van der Waals surface area contributed by atoms with Crippen molar-refractivity contribution in [3.63, 3.8) is 0 Å². The number of nitrogens with one attached hydrogen (secondary N) is 4. The fourth-order valence-corrected chi connectivity index (χ4v) is 3.72. The molecular weight excluding hydrogens is 510 g/mol. The number of rotatable bonds is 7. The SMILES string of the molecule is CC(C)(C)c1cc(NC(=O)NC(=N)/C=C2/N=CC(C#Cc3ccc(OCCCN4CCOCC4)cc3)=CN2)no1. The van der Waals surface area contributed by atoms with Crippen molar-refractivity contribution in [2.45, 2.75) is 32.6 Å². The molecule has 2 aromatic rings. The van der Waals surface area contributed by atoms with Crippen molar-refractivity contribution < 1.29 is 18.8 Å². The third kappa shape index (κ3) is 9.11. The number of hydrogen-bond acceptors (Lipinski definition) is 9. The fraction of sp³-hybridized carbons (Fsp3) is 0.379. The molecule has 0 spiro atoms. The van der Waals surface area contributed by atoms with Gasteiger partial charge in [-0.2, -0.15) is 0 Å². The summed E-state index contributed by atoms with van der Waals surface area (Å²) in [7, 11) is 0. The van der Waals surface area contributed by atoms with Crippen molar-refractivity contribution in [1.82, 2.24) is 20.7 Å². The Morgan fingerprint density at radius 2 is 2.00 bits per heavy atom. The second kappa shape index (κ2) is 13.6. The summed E-state index contributed by atoms with van der Waals surface area (Å²) in [5, 5.41) is 19.8. The maximum atomic E-state index is 12.2. The first-order valence-electron chi connectivity index (χ1n) is 13.2. The van der Waals surface area contributed by atoms with Gasteiger partial charge < -0.3 is 19.3 Å². The molecule has 0 aliphatic carbocycles. The van der Waals surface area contributed by atoms with Gasteiger partial charge in [-0.1, -0.05) is 37.8 Å². The Morgan fingerprint density at radius 3 is 2.67 bits per heavy atom. The minimum absolute atomic E-state index is 0.150. The van der Waals surface area contributed by atoms with Gasteiger partial charge in [0.15, 0.2) is 5.82 Å². The summed E-state index contributed by atoms with van der Waals surface area (Å²) < 4.78 is 16.5. The number of aromatic nitrogens is 1. The van der Waals surface area contributed by atoms with Crippen LogP contribution in [0.15, 0.2) is 63.5 Å². The molecule has 1 aromatic heterocycles. The Balaban J connectivity index is 1.18. The van der Waals surface area contributed by atoms with Gasteiger partial charge in [-0.05, 0) is 30.7 Å². The molecule has 210 valence electrons. The summed E-state index contributed by atoms with van der Waals surface area (Å²) in [6.45, 7) is 11.2. The highest BCUT2D eigenvalue weighted by atomic mass is 16.5. The van der Waals surface area contributed by atoms with E-state index in [1.807, 2.05) is 45.0 Å². The Kier molecular flexibility index (Phi) is 9.72. The van der Waals surface area contributed by atoms with Crippen LogP contribution in [0, 0.1) is 17.3 Å². The first-order chi connectivity index (χ1) is 19.2. The van der Waals surface area contributed by atoms with E-state index in [0.29, 0.717) is 23.8 Å². The lowest BCUT2D eigenvalue weighted by Crippen LogP contribution is -2.37. The Labute approximate surface area is 234 Å². The maximum Gasteiger partial charge on any atom is 0.326 e. The summed E-state index contributed by atoms with van der Waals surface area (Å²) in [6.07, 6.45) is 5.65. The van der Waals surface area contributed by atoms with Crippen LogP contribution < -0.4 is 20.7 Å². The molecule has 1 fully saturated rings. The zero-order chi connectivity index (χ0) is 28.4. The number of nitrogens with zero attached hydrogens (tertiary/aromatic N) is 3. The van der Waals surface area contributed by atoms with Gasteiger partial charge in [0, 0.05) is 55.2 Å². The number of morpholine rings is 1. The molecule has 1 saturated heterocycles. The second-order valence-corrected chi connectivity index (χ2v) is 10.3. The number of amidine groups is 1. The highest BCUT2D eigenvalue weighted by Gasteiger charge is 2.20. The summed E-state index contributed by atoms with van der Waals surface area (Å²) in [5.41, 5.74) is 1.30. The molecule has 0 bridgehead atoms. The van der Waals surface area contributed by atoms with E-state index in [2.05, 4.69) is 42.8 Å². The van der Waals surface area contributed by atoms with Crippen molar-refractivity contribution in [2.24, 2.45) is 4.99 Å². The van der Waals surface area contributed by atoms with Crippen LogP contribution in [0.1, 0.15) is 38.5 Å². The molecule has 1 aromatic carbocycles. The number of anilines is 1. The van der Waals surface area contributed by atoms with Gasteiger partial charge in [0.2, 0.25) is 0 Å². The minimum Gasteiger partial charge on any atom is -0.494 e. The van der Waals surface area contributed by atoms with E-state index >= 15 is 0 Å². The first kappa shape index (κ1) is 28.6. The van der Waals surface area contributed by atoms with Crippen LogP contribution in [0.3, 0.4) is 0 Å². The molecule has 2 aliphatic rings. The third-order valence-corrected chi connectivity index (χ3v) is 5.94. The molecule has 0 saturated carbocycles. The van der Waals surface area contributed by atoms with Crippen LogP contribution in [0.25, 0.3) is 0 Å². The molecule has 0 atom stereocenters. The minimum atomic E-state index is -0.609. The predicted octanol–water partition coefficient (Wildman–Crippen LogP) is 3.62. The van der Waals surface area contributed by atoms with Gasteiger partial charge in [-0.3, -0.25) is 20.9 Å². The lowest BCUT2D eigenvalue weighted by atomic mass is 9.93. The van der Waals surface area contributed by atoms with Crippen molar-refractivity contribution in [2.75, 3.05) is 44.8 Å². The van der Waals surface area contributed by atoms with Crippen LogP contribution in [-0.4, -0.2) is 67.6 Å². The van der Waals surface area contributed by atoms with E-state index in [4.69, 9.17) is 19.4 Å². The number of hydrogen-bond donors (Lipinski definition) is 4. The van der Waals surface area contributed by atoms with Crippen LogP contribution in [0.2, 0.25) is 0 Å². The zero-order valence-corrected chi connectivity index (χ0v) is 23.0. The molecule has 2 amide bonds. The largest absolute Gasteiger partial charge is 0.494 e. The average Bonchev–Trinajstić information content (AvgIpc) is 3.41. The van der Waals surface area contributed by atoms with Gasteiger partial charge in [0.1, 0.15) is 23.2 Å². The molecular formula is C29H35N7O4. The van der Waals surface area contributed by atoms with E-state index in [-0.39, 0.29) is 17.1 Å². The van der Waals surface area contributed by atoms with Crippen molar-refractivity contribution in [3.05, 3.63) is 65.3 Å². The molecule has 4 N–H and O–H groups in total. The van der Waals surface area contributed by atoms with Gasteiger partial charge >= 0.3 is 6.03 Å². The number of aliphatic imine (C=N–C) groups is 1. The number of carbonyl (C=O) groups excluding carboxylic acids is 1. The van der Waals surface area contributed by atoms with Crippen molar-refractivity contribution >= 4 is 23.9 Å². The Bertz CT molecular complexity index is 1330. The number of allylic oxidation sites excluding steroid dienone is 1. The van der Waals surface area contributed by atoms with Crippen LogP contribution in [-0.2, 0) is 10.2 Å². The Hall–Kier alpha value is -4.40. The second-order valence-electron chi connectivity index (χ2n) is 10.3. The van der Waals surface area contributed by atoms with Crippen molar-refractivity contribution in [1.29, 1.82) is 5.41 Å². The highest BCUT2D eigenvalue weighted by molar-refractivity contribution is 6.06. The smallest absolute Gasteiger partial charge is 0.326 e. The predicted molar refractivity (Wildman–Crippen MR) is 154 cm³/mol. The van der Waals surface area contributed by atoms with E-state index in [1.54, 1.807) is 18.5 Å². The zero-order valence-electron chi connectivity index (χ0n) is 23.0. The number of amides is 2. The van der Waals surface area contributed by atoms with Gasteiger partial charge in [0.25, 0.3) is 0 Å². The van der Waals surface area contributed by atoms with Gasteiger partial charge in [0.05, 0.1) is 25.4 Å². The molecule has 40 heavy (non-hydrogen) atoms. The molecule has 11 nitrogen and oxygen atoms in total.